The molecule has 7 atom stereocenters. The van der Waals surface area contributed by atoms with Gasteiger partial charge in [0.2, 0.25) is 27.7 Å². The summed E-state index contributed by atoms with van der Waals surface area (Å²) in [6, 6.07) is 3.45. The van der Waals surface area contributed by atoms with Gasteiger partial charge < -0.3 is 24.8 Å². The number of carbonyl (C=O) groups is 4. The second kappa shape index (κ2) is 16.1. The van der Waals surface area contributed by atoms with Gasteiger partial charge in [-0.3, -0.25) is 24.0 Å². The molecule has 4 amide bonds. The third-order valence-corrected chi connectivity index (χ3v) is 14.4. The van der Waals surface area contributed by atoms with Crippen LogP contribution in [0.15, 0.2) is 42.6 Å². The Morgan fingerprint density at radius 3 is 2.47 bits per heavy atom. The van der Waals surface area contributed by atoms with E-state index in [0.717, 1.165) is 4.90 Å². The average molecular weight is 854 g/mol. The second-order valence-electron chi connectivity index (χ2n) is 16.9. The van der Waals surface area contributed by atoms with E-state index in [9.17, 15) is 50.3 Å². The molecule has 59 heavy (non-hydrogen) atoms. The number of rotatable bonds is 10. The van der Waals surface area contributed by atoms with Gasteiger partial charge in [-0.25, -0.2) is 22.6 Å². The molecule has 1 aromatic carbocycles. The van der Waals surface area contributed by atoms with Gasteiger partial charge in [0.1, 0.15) is 46.4 Å². The molecule has 2 aliphatic carbocycles. The molecule has 1 saturated heterocycles. The number of hydrogen-bond acceptors (Lipinski definition) is 9. The fourth-order valence-corrected chi connectivity index (χ4v) is 9.80. The summed E-state index contributed by atoms with van der Waals surface area (Å²) in [5, 5.41) is 14.3. The van der Waals surface area contributed by atoms with Crippen molar-refractivity contribution in [3.63, 3.8) is 0 Å². The summed E-state index contributed by atoms with van der Waals surface area (Å²) in [6.07, 6.45) is -2.48. The fraction of sp³-hybridized carbons (Fsp3) is 0.625. The Hall–Kier alpha value is -4.68. The average Bonchev–Trinajstić information content (AvgIpc) is 4.06. The number of nitrogens with one attached hydrogen (secondary N) is 2. The van der Waals surface area contributed by atoms with E-state index in [1.54, 1.807) is 36.4 Å². The lowest BCUT2D eigenvalue weighted by Gasteiger charge is -2.45. The van der Waals surface area contributed by atoms with Crippen molar-refractivity contribution < 1.29 is 59.7 Å². The Labute approximate surface area is 340 Å². The maximum atomic E-state index is 15.0. The number of halogens is 4. The first-order valence-electron chi connectivity index (χ1n) is 19.8. The number of nitrogens with zero attached hydrogens (tertiary/aromatic N) is 3. The van der Waals surface area contributed by atoms with Crippen LogP contribution >= 0.6 is 0 Å². The van der Waals surface area contributed by atoms with Crippen LogP contribution in [0.3, 0.4) is 0 Å². The molecule has 14 nitrogen and oxygen atoms in total. The topological polar surface area (TPSA) is 185 Å². The number of hydrogen-bond donors (Lipinski definition) is 3. The molecule has 6 rings (SSSR count). The lowest BCUT2D eigenvalue weighted by atomic mass is 9.85. The van der Waals surface area contributed by atoms with Crippen LogP contribution < -0.4 is 19.5 Å². The molecule has 3 N–H and O–H groups in total. The number of sulfonamides is 1. The number of allylic oxidation sites excluding steroid dienone is 1. The van der Waals surface area contributed by atoms with Crippen molar-refractivity contribution in [2.75, 3.05) is 19.8 Å². The predicted octanol–water partition coefficient (Wildman–Crippen LogP) is 5.51. The van der Waals surface area contributed by atoms with E-state index in [1.165, 1.54) is 13.1 Å². The number of fused-ring (bicyclic) bond motifs is 3. The first-order chi connectivity index (χ1) is 27.6. The number of amides is 4. The highest BCUT2D eigenvalue weighted by Crippen LogP contribution is 2.48. The molecule has 2 aromatic rings. The Bertz CT molecular complexity index is 2110. The third-order valence-electron chi connectivity index (χ3n) is 12.3. The Balaban J connectivity index is 1.41. The van der Waals surface area contributed by atoms with Gasteiger partial charge in [0.05, 0.1) is 13.2 Å². The SMILES string of the molecule is CCOc1ccc2c(O[C@@H]3C[C@H]4C(=O)N[C@]5(C(=O)NS(=O)(=O)C6(CF)CC6)C[C@H]5/C=C\CC[C@@H](C)C[C@@H](C)[C@H](N(C(=O)O)C(C)(C)C(F)(F)F)C(=O)N4C3)nccc2c1. The van der Waals surface area contributed by atoms with Gasteiger partial charge >= 0.3 is 12.3 Å². The van der Waals surface area contributed by atoms with E-state index >= 15 is 0 Å². The van der Waals surface area contributed by atoms with Gasteiger partial charge in [-0.15, -0.1) is 0 Å². The van der Waals surface area contributed by atoms with E-state index < -0.39 is 92.5 Å². The smallest absolute Gasteiger partial charge is 0.411 e. The van der Waals surface area contributed by atoms with Crippen LogP contribution in [0.25, 0.3) is 10.8 Å². The minimum absolute atomic E-state index is 0.00482. The maximum absolute atomic E-state index is 15.0. The van der Waals surface area contributed by atoms with Crippen LogP contribution in [-0.4, -0.2) is 112 Å². The van der Waals surface area contributed by atoms with Crippen molar-refractivity contribution in [1.82, 2.24) is 24.8 Å². The molecule has 3 heterocycles. The summed E-state index contributed by atoms with van der Waals surface area (Å²) in [5.74, 6) is -4.31. The lowest BCUT2D eigenvalue weighted by Crippen LogP contribution is -2.66. The predicted molar refractivity (Wildman–Crippen MR) is 207 cm³/mol. The number of ether oxygens (including phenoxy) is 2. The summed E-state index contributed by atoms with van der Waals surface area (Å²) in [5.41, 5.74) is -4.89. The Kier molecular flexibility index (Phi) is 11.9. The molecule has 1 aromatic heterocycles. The van der Waals surface area contributed by atoms with Crippen LogP contribution in [0.5, 0.6) is 11.6 Å². The standard InChI is InChI=1S/C40H51F4N5O9S/c1-6-57-27-11-12-29-25(18-27)13-16-45-33(29)58-28-19-30-32(50)46-39(35(52)47-59(55,56)38(22-41)14-15-38)20-26(39)10-8-7-9-23(2)17-24(3)31(34(51)48(30)21-28)49(36(53)54)37(4,5)40(42,43)44/h8,10-13,16,18,23-24,26,28,30-31H,6-7,9,14-15,17,19-22H2,1-5H3,(H,46,50)(H,47,52)(H,53,54)/b10-8-/t23-,24-,26-,28-,30+,31+,39-/m1/s1. The minimum atomic E-state index is -5.11. The highest BCUT2D eigenvalue weighted by Gasteiger charge is 2.64. The number of pyridine rings is 1. The van der Waals surface area contributed by atoms with E-state index in [-0.39, 0.29) is 55.3 Å². The number of benzene rings is 1. The zero-order chi connectivity index (χ0) is 43.3. The Morgan fingerprint density at radius 2 is 1.85 bits per heavy atom. The molecule has 0 spiro atoms. The number of carboxylic acid groups (broad SMARTS) is 1. The van der Waals surface area contributed by atoms with Crippen LogP contribution in [0.4, 0.5) is 22.4 Å². The molecular formula is C40H51F4N5O9S. The van der Waals surface area contributed by atoms with Gasteiger partial charge in [-0.2, -0.15) is 13.2 Å². The second-order valence-corrected chi connectivity index (χ2v) is 19.0. The van der Waals surface area contributed by atoms with Crippen molar-refractivity contribution in [2.45, 2.75) is 120 Å². The molecule has 2 saturated carbocycles. The fourth-order valence-electron chi connectivity index (χ4n) is 8.37. The van der Waals surface area contributed by atoms with Crippen molar-refractivity contribution >= 4 is 44.6 Å². The summed E-state index contributed by atoms with van der Waals surface area (Å²) in [4.78, 5) is 61.8. The lowest BCUT2D eigenvalue weighted by molar-refractivity contribution is -0.222. The van der Waals surface area contributed by atoms with E-state index in [0.29, 0.717) is 49.8 Å². The van der Waals surface area contributed by atoms with Crippen LogP contribution in [-0.2, 0) is 24.4 Å². The van der Waals surface area contributed by atoms with E-state index in [1.807, 2.05) is 18.6 Å². The number of alkyl halides is 4. The van der Waals surface area contributed by atoms with Crippen LogP contribution in [0.2, 0.25) is 0 Å². The van der Waals surface area contributed by atoms with Gasteiger partial charge in [0.15, 0.2) is 0 Å². The first-order valence-corrected chi connectivity index (χ1v) is 21.3. The third kappa shape index (κ3) is 8.40. The van der Waals surface area contributed by atoms with Gasteiger partial charge in [-0.1, -0.05) is 26.0 Å². The minimum Gasteiger partial charge on any atom is -0.494 e. The molecule has 324 valence electrons. The summed E-state index contributed by atoms with van der Waals surface area (Å²) < 4.78 is 96.5. The monoisotopic (exact) mass is 853 g/mol. The number of aromatic nitrogens is 1. The summed E-state index contributed by atoms with van der Waals surface area (Å²) in [6.45, 7) is 5.32. The van der Waals surface area contributed by atoms with Crippen molar-refractivity contribution in [3.05, 3.63) is 42.6 Å². The highest BCUT2D eigenvalue weighted by molar-refractivity contribution is 7.91. The molecule has 0 radical (unpaired) electrons. The van der Waals surface area contributed by atoms with Crippen molar-refractivity contribution in [3.8, 4) is 11.6 Å². The van der Waals surface area contributed by atoms with Crippen LogP contribution in [0, 0.1) is 17.8 Å². The summed E-state index contributed by atoms with van der Waals surface area (Å²) >= 11 is 0. The first kappa shape index (κ1) is 43.9. The van der Waals surface area contributed by atoms with Gasteiger partial charge in [0.25, 0.3) is 5.91 Å². The maximum Gasteiger partial charge on any atom is 0.411 e. The molecular weight excluding hydrogens is 803 g/mol. The zero-order valence-electron chi connectivity index (χ0n) is 33.6. The zero-order valence-corrected chi connectivity index (χ0v) is 34.4. The van der Waals surface area contributed by atoms with Gasteiger partial charge in [0, 0.05) is 23.9 Å². The molecule has 19 heteroatoms. The number of carbonyl (C=O) groups excluding carboxylic acids is 3. The normalized spacial score (nSPS) is 29.2. The summed E-state index contributed by atoms with van der Waals surface area (Å²) in [7, 11) is -4.50. The van der Waals surface area contributed by atoms with E-state index in [4.69, 9.17) is 9.47 Å². The van der Waals surface area contributed by atoms with Crippen molar-refractivity contribution in [2.24, 2.45) is 17.8 Å². The molecule has 0 bridgehead atoms. The van der Waals surface area contributed by atoms with E-state index in [2.05, 4.69) is 10.3 Å². The molecule has 3 fully saturated rings. The quantitative estimate of drug-likeness (QED) is 0.204. The molecule has 2 aliphatic heterocycles. The largest absolute Gasteiger partial charge is 0.494 e. The molecule has 0 unspecified atom stereocenters. The molecule has 4 aliphatic rings. The Morgan fingerprint density at radius 1 is 1.14 bits per heavy atom. The van der Waals surface area contributed by atoms with Gasteiger partial charge in [-0.05, 0) is 101 Å². The van der Waals surface area contributed by atoms with Crippen molar-refractivity contribution in [1.29, 1.82) is 0 Å². The highest BCUT2D eigenvalue weighted by atomic mass is 32.2. The van der Waals surface area contributed by atoms with Crippen LogP contribution in [0.1, 0.15) is 79.6 Å².